The van der Waals surface area contributed by atoms with Gasteiger partial charge < -0.3 is 14.7 Å². The Morgan fingerprint density at radius 1 is 0.864 bits per heavy atom. The van der Waals surface area contributed by atoms with Crippen molar-refractivity contribution in [2.75, 3.05) is 49.1 Å². The number of carbonyl (C=O) groups is 1. The molecule has 6 heteroatoms. The molecule has 0 N–H and O–H groups in total. The predicted molar refractivity (Wildman–Crippen MR) is 87.2 cm³/mol. The zero-order valence-corrected chi connectivity index (χ0v) is 13.4. The molecule has 2 aliphatic heterocycles. The number of anilines is 2. The average Bonchev–Trinajstić information content (AvgIpc) is 2.84. The molecule has 1 amide bonds. The fourth-order valence-corrected chi connectivity index (χ4v) is 3.23. The van der Waals surface area contributed by atoms with Gasteiger partial charge in [-0.2, -0.15) is 0 Å². The SMILES string of the molecule is CC(=O)N1CCN(c2cc(N3CCCCCC3)ncn2)CC1. The van der Waals surface area contributed by atoms with E-state index in [4.69, 9.17) is 0 Å². The van der Waals surface area contributed by atoms with Crippen LogP contribution in [0.5, 0.6) is 0 Å². The third-order valence-corrected chi connectivity index (χ3v) is 4.62. The quantitative estimate of drug-likeness (QED) is 0.829. The second-order valence-electron chi connectivity index (χ2n) is 6.13. The van der Waals surface area contributed by atoms with E-state index < -0.39 is 0 Å². The molecule has 2 saturated heterocycles. The summed E-state index contributed by atoms with van der Waals surface area (Å²) in [4.78, 5) is 26.8. The smallest absolute Gasteiger partial charge is 0.219 e. The molecule has 0 aliphatic carbocycles. The van der Waals surface area contributed by atoms with E-state index in [0.29, 0.717) is 0 Å². The zero-order valence-electron chi connectivity index (χ0n) is 13.4. The largest absolute Gasteiger partial charge is 0.356 e. The molecule has 0 atom stereocenters. The second-order valence-corrected chi connectivity index (χ2v) is 6.13. The summed E-state index contributed by atoms with van der Waals surface area (Å²) in [6.45, 7) is 7.06. The monoisotopic (exact) mass is 303 g/mol. The summed E-state index contributed by atoms with van der Waals surface area (Å²) >= 11 is 0. The predicted octanol–water partition coefficient (Wildman–Crippen LogP) is 1.53. The molecule has 3 heterocycles. The van der Waals surface area contributed by atoms with Gasteiger partial charge in [0, 0.05) is 52.3 Å². The number of piperazine rings is 1. The number of amides is 1. The van der Waals surface area contributed by atoms with Crippen molar-refractivity contribution in [2.24, 2.45) is 0 Å². The Hall–Kier alpha value is -1.85. The van der Waals surface area contributed by atoms with Gasteiger partial charge in [-0.15, -0.1) is 0 Å². The summed E-state index contributed by atoms with van der Waals surface area (Å²) in [7, 11) is 0. The van der Waals surface area contributed by atoms with Crippen LogP contribution in [-0.2, 0) is 4.79 Å². The van der Waals surface area contributed by atoms with Crippen LogP contribution in [0, 0.1) is 0 Å². The van der Waals surface area contributed by atoms with Gasteiger partial charge in [0.2, 0.25) is 5.91 Å². The summed E-state index contributed by atoms with van der Waals surface area (Å²) < 4.78 is 0. The minimum atomic E-state index is 0.160. The van der Waals surface area contributed by atoms with Crippen LogP contribution in [0.3, 0.4) is 0 Å². The topological polar surface area (TPSA) is 52.6 Å². The highest BCUT2D eigenvalue weighted by Crippen LogP contribution is 2.21. The van der Waals surface area contributed by atoms with Crippen LogP contribution in [0.25, 0.3) is 0 Å². The maximum Gasteiger partial charge on any atom is 0.219 e. The lowest BCUT2D eigenvalue weighted by Gasteiger charge is -2.35. The fraction of sp³-hybridized carbons (Fsp3) is 0.688. The van der Waals surface area contributed by atoms with Crippen molar-refractivity contribution in [2.45, 2.75) is 32.6 Å². The highest BCUT2D eigenvalue weighted by atomic mass is 16.2. The molecule has 1 aromatic rings. The third-order valence-electron chi connectivity index (χ3n) is 4.62. The maximum absolute atomic E-state index is 11.4. The molecule has 2 aliphatic rings. The molecule has 0 unspecified atom stereocenters. The Labute approximate surface area is 132 Å². The van der Waals surface area contributed by atoms with Gasteiger partial charge in [-0.05, 0) is 12.8 Å². The molecule has 1 aromatic heterocycles. The summed E-state index contributed by atoms with van der Waals surface area (Å²) in [6, 6.07) is 2.11. The van der Waals surface area contributed by atoms with E-state index in [1.54, 1.807) is 13.3 Å². The van der Waals surface area contributed by atoms with Crippen molar-refractivity contribution < 1.29 is 4.79 Å². The van der Waals surface area contributed by atoms with Crippen LogP contribution in [0.4, 0.5) is 11.6 Å². The third kappa shape index (κ3) is 3.48. The number of carbonyl (C=O) groups excluding carboxylic acids is 1. The summed E-state index contributed by atoms with van der Waals surface area (Å²) in [5, 5.41) is 0. The first-order chi connectivity index (χ1) is 10.7. The number of hydrogen-bond donors (Lipinski definition) is 0. The van der Waals surface area contributed by atoms with Gasteiger partial charge >= 0.3 is 0 Å². The van der Waals surface area contributed by atoms with E-state index in [0.717, 1.165) is 50.9 Å². The number of aromatic nitrogens is 2. The first-order valence-corrected chi connectivity index (χ1v) is 8.31. The molecule has 2 fully saturated rings. The van der Waals surface area contributed by atoms with Gasteiger partial charge in [0.1, 0.15) is 18.0 Å². The molecule has 0 radical (unpaired) electrons. The van der Waals surface area contributed by atoms with Crippen molar-refractivity contribution >= 4 is 17.5 Å². The van der Waals surface area contributed by atoms with Crippen LogP contribution in [0.1, 0.15) is 32.6 Å². The second kappa shape index (κ2) is 6.94. The van der Waals surface area contributed by atoms with Crippen molar-refractivity contribution in [3.05, 3.63) is 12.4 Å². The molecule has 0 bridgehead atoms. The minimum Gasteiger partial charge on any atom is -0.356 e. The van der Waals surface area contributed by atoms with E-state index in [2.05, 4.69) is 25.8 Å². The van der Waals surface area contributed by atoms with Crippen molar-refractivity contribution in [1.29, 1.82) is 0 Å². The highest BCUT2D eigenvalue weighted by Gasteiger charge is 2.20. The molecule has 6 nitrogen and oxygen atoms in total. The molecular weight excluding hydrogens is 278 g/mol. The van der Waals surface area contributed by atoms with Crippen LogP contribution in [0.15, 0.2) is 12.4 Å². The minimum absolute atomic E-state index is 0.160. The Balaban J connectivity index is 1.67. The molecule has 3 rings (SSSR count). The fourth-order valence-electron chi connectivity index (χ4n) is 3.23. The van der Waals surface area contributed by atoms with E-state index >= 15 is 0 Å². The number of rotatable bonds is 2. The number of hydrogen-bond acceptors (Lipinski definition) is 5. The Morgan fingerprint density at radius 3 is 1.95 bits per heavy atom. The Morgan fingerprint density at radius 2 is 1.41 bits per heavy atom. The first kappa shape index (κ1) is 15.1. The van der Waals surface area contributed by atoms with Gasteiger partial charge in [0.25, 0.3) is 0 Å². The van der Waals surface area contributed by atoms with Crippen molar-refractivity contribution in [3.8, 4) is 0 Å². The van der Waals surface area contributed by atoms with Gasteiger partial charge in [-0.3, -0.25) is 4.79 Å². The lowest BCUT2D eigenvalue weighted by molar-refractivity contribution is -0.129. The molecule has 120 valence electrons. The summed E-state index contributed by atoms with van der Waals surface area (Å²) in [5.41, 5.74) is 0. The highest BCUT2D eigenvalue weighted by molar-refractivity contribution is 5.73. The van der Waals surface area contributed by atoms with Crippen LogP contribution >= 0.6 is 0 Å². The number of nitrogens with zero attached hydrogens (tertiary/aromatic N) is 5. The van der Waals surface area contributed by atoms with Gasteiger partial charge in [0.15, 0.2) is 0 Å². The molecule has 0 saturated carbocycles. The zero-order chi connectivity index (χ0) is 15.4. The van der Waals surface area contributed by atoms with Crippen LogP contribution in [-0.4, -0.2) is 60.0 Å². The molecule has 0 spiro atoms. The Bertz CT molecular complexity index is 505. The van der Waals surface area contributed by atoms with Gasteiger partial charge in [-0.25, -0.2) is 9.97 Å². The molecule has 22 heavy (non-hydrogen) atoms. The van der Waals surface area contributed by atoms with E-state index in [9.17, 15) is 4.79 Å². The summed E-state index contributed by atoms with van der Waals surface area (Å²) in [5.74, 6) is 2.19. The van der Waals surface area contributed by atoms with Crippen LogP contribution in [0.2, 0.25) is 0 Å². The normalized spacial score (nSPS) is 20.0. The maximum atomic E-state index is 11.4. The summed E-state index contributed by atoms with van der Waals surface area (Å²) in [6.07, 6.45) is 6.81. The molecular formula is C16H25N5O. The van der Waals surface area contributed by atoms with Crippen LogP contribution < -0.4 is 9.80 Å². The molecule has 0 aromatic carbocycles. The lowest BCUT2D eigenvalue weighted by atomic mass is 10.2. The van der Waals surface area contributed by atoms with Crippen molar-refractivity contribution in [3.63, 3.8) is 0 Å². The first-order valence-electron chi connectivity index (χ1n) is 8.31. The lowest BCUT2D eigenvalue weighted by Crippen LogP contribution is -2.48. The average molecular weight is 303 g/mol. The Kier molecular flexibility index (Phi) is 4.75. The van der Waals surface area contributed by atoms with E-state index in [1.165, 1.54) is 25.7 Å². The van der Waals surface area contributed by atoms with Gasteiger partial charge in [0.05, 0.1) is 0 Å². The standard InChI is InChI=1S/C16H25N5O/c1-14(22)19-8-10-21(11-9-19)16-12-15(17-13-18-16)20-6-4-2-3-5-7-20/h12-13H,2-11H2,1H3. The van der Waals surface area contributed by atoms with Crippen molar-refractivity contribution in [1.82, 2.24) is 14.9 Å². The van der Waals surface area contributed by atoms with E-state index in [1.807, 2.05) is 4.90 Å². The van der Waals surface area contributed by atoms with Gasteiger partial charge in [-0.1, -0.05) is 12.8 Å². The van der Waals surface area contributed by atoms with E-state index in [-0.39, 0.29) is 5.91 Å².